The number of allylic oxidation sites excluding steroid dienone is 1. The largest absolute Gasteiger partial charge is 0.459 e. The molecule has 0 radical (unpaired) electrons. The van der Waals surface area contributed by atoms with E-state index in [1.54, 1.807) is 0 Å². The Labute approximate surface area is 106 Å². The van der Waals surface area contributed by atoms with Gasteiger partial charge in [0.05, 0.1) is 0 Å². The molecule has 0 aliphatic carbocycles. The minimum atomic E-state index is -0.210. The lowest BCUT2D eigenvalue weighted by atomic mass is 10.1. The Balaban J connectivity index is 3.26. The zero-order chi connectivity index (χ0) is 12.9. The van der Waals surface area contributed by atoms with Gasteiger partial charge in [-0.2, -0.15) is 0 Å². The minimum Gasteiger partial charge on any atom is -0.459 e. The summed E-state index contributed by atoms with van der Waals surface area (Å²) >= 11 is 0. The average molecular weight is 240 g/mol. The van der Waals surface area contributed by atoms with E-state index in [1.165, 1.54) is 51.9 Å². The van der Waals surface area contributed by atoms with Crippen LogP contribution in [-0.2, 0) is 9.53 Å². The molecule has 0 aromatic carbocycles. The van der Waals surface area contributed by atoms with Gasteiger partial charge in [0, 0.05) is 6.92 Å². The molecule has 1 unspecified atom stereocenters. The smallest absolute Gasteiger partial charge is 0.303 e. The second kappa shape index (κ2) is 11.7. The number of ether oxygens (including phenoxy) is 1. The molecule has 0 heterocycles. The lowest BCUT2D eigenvalue weighted by Gasteiger charge is -2.05. The van der Waals surface area contributed by atoms with E-state index in [4.69, 9.17) is 4.74 Å². The maximum atomic E-state index is 10.7. The van der Waals surface area contributed by atoms with Crippen LogP contribution in [0.1, 0.15) is 72.1 Å². The molecule has 100 valence electrons. The van der Waals surface area contributed by atoms with Crippen molar-refractivity contribution in [2.24, 2.45) is 0 Å². The molecule has 0 aliphatic heterocycles. The summed E-state index contributed by atoms with van der Waals surface area (Å²) in [6, 6.07) is 0. The number of hydrogen-bond donors (Lipinski definition) is 0. The van der Waals surface area contributed by atoms with Crippen LogP contribution in [0.5, 0.6) is 0 Å². The lowest BCUT2D eigenvalue weighted by Crippen LogP contribution is -2.08. The number of unbranched alkanes of at least 4 members (excludes halogenated alkanes) is 7. The highest BCUT2D eigenvalue weighted by atomic mass is 16.5. The molecule has 0 rings (SSSR count). The topological polar surface area (TPSA) is 26.3 Å². The van der Waals surface area contributed by atoms with Crippen molar-refractivity contribution in [1.82, 2.24) is 0 Å². The van der Waals surface area contributed by atoms with Crippen molar-refractivity contribution in [2.75, 3.05) is 0 Å². The normalized spacial score (nSPS) is 12.9. The zero-order valence-corrected chi connectivity index (χ0v) is 11.7. The van der Waals surface area contributed by atoms with Crippen LogP contribution >= 0.6 is 0 Å². The van der Waals surface area contributed by atoms with Gasteiger partial charge in [0.25, 0.3) is 0 Å². The fourth-order valence-corrected chi connectivity index (χ4v) is 1.81. The molecular formula is C15H28O2. The van der Waals surface area contributed by atoms with E-state index in [9.17, 15) is 4.79 Å². The van der Waals surface area contributed by atoms with Crippen LogP contribution in [-0.4, -0.2) is 12.1 Å². The molecule has 0 aromatic rings. The van der Waals surface area contributed by atoms with Crippen LogP contribution in [0.3, 0.4) is 0 Å². The number of carbonyl (C=O) groups is 1. The second-order valence-electron chi connectivity index (χ2n) is 4.65. The van der Waals surface area contributed by atoms with Gasteiger partial charge in [0.2, 0.25) is 0 Å². The molecule has 17 heavy (non-hydrogen) atoms. The maximum absolute atomic E-state index is 10.7. The summed E-state index contributed by atoms with van der Waals surface area (Å²) in [6.45, 7) is 5.58. The van der Waals surface area contributed by atoms with Gasteiger partial charge in [0.15, 0.2) is 0 Å². The Kier molecular flexibility index (Phi) is 11.1. The SMILES string of the molecule is CCCCCCCCC/C=C/C(C)OC(C)=O. The maximum Gasteiger partial charge on any atom is 0.303 e. The van der Waals surface area contributed by atoms with Gasteiger partial charge in [0.1, 0.15) is 6.10 Å². The van der Waals surface area contributed by atoms with Crippen molar-refractivity contribution in [3.8, 4) is 0 Å². The van der Waals surface area contributed by atoms with E-state index >= 15 is 0 Å². The van der Waals surface area contributed by atoms with Crippen molar-refractivity contribution >= 4 is 5.97 Å². The highest BCUT2D eigenvalue weighted by Gasteiger charge is 1.98. The molecule has 2 heteroatoms. The predicted octanol–water partition coefficient (Wildman–Crippen LogP) is 4.63. The summed E-state index contributed by atoms with van der Waals surface area (Å²) in [5.74, 6) is -0.210. The van der Waals surface area contributed by atoms with Crippen LogP contribution in [0.25, 0.3) is 0 Å². The van der Waals surface area contributed by atoms with E-state index in [0.717, 1.165) is 6.42 Å². The van der Waals surface area contributed by atoms with Crippen LogP contribution in [0, 0.1) is 0 Å². The standard InChI is InChI=1S/C15H28O2/c1-4-5-6-7-8-9-10-11-12-13-14(2)17-15(3)16/h12-14H,4-11H2,1-3H3/b13-12+. The highest BCUT2D eigenvalue weighted by Crippen LogP contribution is 2.08. The van der Waals surface area contributed by atoms with E-state index in [-0.39, 0.29) is 12.1 Å². The molecule has 0 saturated carbocycles. The third-order valence-corrected chi connectivity index (χ3v) is 2.73. The number of esters is 1. The van der Waals surface area contributed by atoms with Gasteiger partial charge in [-0.25, -0.2) is 0 Å². The monoisotopic (exact) mass is 240 g/mol. The molecular weight excluding hydrogens is 212 g/mol. The van der Waals surface area contributed by atoms with E-state index < -0.39 is 0 Å². The van der Waals surface area contributed by atoms with Gasteiger partial charge in [-0.1, -0.05) is 51.5 Å². The Morgan fingerprint density at radius 2 is 1.71 bits per heavy atom. The first kappa shape index (κ1) is 16.2. The van der Waals surface area contributed by atoms with Crippen LogP contribution in [0.2, 0.25) is 0 Å². The number of rotatable bonds is 10. The van der Waals surface area contributed by atoms with Gasteiger partial charge in [-0.15, -0.1) is 0 Å². The fourth-order valence-electron chi connectivity index (χ4n) is 1.81. The summed E-state index contributed by atoms with van der Waals surface area (Å²) < 4.78 is 5.00. The molecule has 0 N–H and O–H groups in total. The summed E-state index contributed by atoms with van der Waals surface area (Å²) in [4.78, 5) is 10.7. The first-order valence-electron chi connectivity index (χ1n) is 7.00. The number of carbonyl (C=O) groups excluding carboxylic acids is 1. The highest BCUT2D eigenvalue weighted by molar-refractivity contribution is 5.66. The van der Waals surface area contributed by atoms with Gasteiger partial charge in [-0.3, -0.25) is 4.79 Å². The van der Waals surface area contributed by atoms with Gasteiger partial charge < -0.3 is 4.74 Å². The Bertz CT molecular complexity index is 209. The van der Waals surface area contributed by atoms with Gasteiger partial charge >= 0.3 is 5.97 Å². The van der Waals surface area contributed by atoms with Crippen LogP contribution < -0.4 is 0 Å². The van der Waals surface area contributed by atoms with Crippen LogP contribution in [0.15, 0.2) is 12.2 Å². The third kappa shape index (κ3) is 13.1. The van der Waals surface area contributed by atoms with Crippen molar-refractivity contribution in [3.05, 3.63) is 12.2 Å². The molecule has 0 amide bonds. The Morgan fingerprint density at radius 1 is 1.12 bits per heavy atom. The molecule has 1 atom stereocenters. The van der Waals surface area contributed by atoms with E-state index in [1.807, 2.05) is 13.0 Å². The molecule has 0 fully saturated rings. The summed E-state index contributed by atoms with van der Waals surface area (Å²) in [5.41, 5.74) is 0. The van der Waals surface area contributed by atoms with Crippen molar-refractivity contribution in [2.45, 2.75) is 78.2 Å². The summed E-state index contributed by atoms with van der Waals surface area (Å²) in [6.07, 6.45) is 14.5. The molecule has 2 nitrogen and oxygen atoms in total. The Hall–Kier alpha value is -0.790. The molecule has 0 bridgehead atoms. The molecule has 0 aliphatic rings. The average Bonchev–Trinajstić information content (AvgIpc) is 2.26. The quantitative estimate of drug-likeness (QED) is 0.316. The summed E-state index contributed by atoms with van der Waals surface area (Å²) in [7, 11) is 0. The fraction of sp³-hybridized carbons (Fsp3) is 0.800. The first-order chi connectivity index (χ1) is 8.16. The van der Waals surface area contributed by atoms with Crippen LogP contribution in [0.4, 0.5) is 0 Å². The second-order valence-corrected chi connectivity index (χ2v) is 4.65. The van der Waals surface area contributed by atoms with Crippen molar-refractivity contribution in [1.29, 1.82) is 0 Å². The minimum absolute atomic E-state index is 0.0861. The first-order valence-corrected chi connectivity index (χ1v) is 7.00. The third-order valence-electron chi connectivity index (χ3n) is 2.73. The molecule has 0 spiro atoms. The van der Waals surface area contributed by atoms with E-state index in [0.29, 0.717) is 0 Å². The van der Waals surface area contributed by atoms with Crippen molar-refractivity contribution in [3.63, 3.8) is 0 Å². The Morgan fingerprint density at radius 3 is 2.29 bits per heavy atom. The molecule has 0 aromatic heterocycles. The number of hydrogen-bond acceptors (Lipinski definition) is 2. The summed E-state index contributed by atoms with van der Waals surface area (Å²) in [5, 5.41) is 0. The predicted molar refractivity (Wildman–Crippen MR) is 73.0 cm³/mol. The van der Waals surface area contributed by atoms with Crippen molar-refractivity contribution < 1.29 is 9.53 Å². The molecule has 0 saturated heterocycles. The van der Waals surface area contributed by atoms with E-state index in [2.05, 4.69) is 13.0 Å². The lowest BCUT2D eigenvalue weighted by molar-refractivity contribution is -0.143. The zero-order valence-electron chi connectivity index (χ0n) is 11.7. The van der Waals surface area contributed by atoms with Gasteiger partial charge in [-0.05, 0) is 25.8 Å².